The summed E-state index contributed by atoms with van der Waals surface area (Å²) in [6, 6.07) is 16.8. The lowest BCUT2D eigenvalue weighted by molar-refractivity contribution is 0.0473. The predicted molar refractivity (Wildman–Crippen MR) is 127 cm³/mol. The summed E-state index contributed by atoms with van der Waals surface area (Å²) in [4.78, 5) is 25.8. The molecule has 0 N–H and O–H groups in total. The van der Waals surface area contributed by atoms with E-state index >= 15 is 0 Å². The minimum Gasteiger partial charge on any atom is -0.454 e. The topological polar surface area (TPSA) is 92.8 Å². The number of rotatable bonds is 7. The molecule has 0 amide bonds. The highest BCUT2D eigenvalue weighted by molar-refractivity contribution is 6.02. The van der Waals surface area contributed by atoms with Crippen molar-refractivity contribution in [1.82, 2.24) is 9.72 Å². The van der Waals surface area contributed by atoms with Crippen molar-refractivity contribution in [3.8, 4) is 22.8 Å². The van der Waals surface area contributed by atoms with E-state index in [0.717, 1.165) is 28.3 Å². The van der Waals surface area contributed by atoms with Crippen molar-refractivity contribution in [2.75, 3.05) is 13.4 Å². The van der Waals surface area contributed by atoms with E-state index in [1.54, 1.807) is 6.92 Å². The maximum atomic E-state index is 13.0. The van der Waals surface area contributed by atoms with Crippen LogP contribution in [-0.4, -0.2) is 34.9 Å². The number of carbonyl (C=O) groups excluding carboxylic acids is 2. The summed E-state index contributed by atoms with van der Waals surface area (Å²) in [5.41, 5.74) is 4.61. The molecule has 0 unspecified atom stereocenters. The number of nitrogens with zero attached hydrogens (tertiary/aromatic N) is 2. The van der Waals surface area contributed by atoms with Crippen molar-refractivity contribution in [2.24, 2.45) is 0 Å². The zero-order chi connectivity index (χ0) is 24.5. The van der Waals surface area contributed by atoms with Crippen molar-refractivity contribution in [1.29, 1.82) is 0 Å². The van der Waals surface area contributed by atoms with E-state index < -0.39 is 5.97 Å². The van der Waals surface area contributed by atoms with Gasteiger partial charge in [0.15, 0.2) is 18.1 Å². The molecule has 35 heavy (non-hydrogen) atoms. The Labute approximate surface area is 202 Å². The van der Waals surface area contributed by atoms with Gasteiger partial charge in [-0.3, -0.25) is 4.79 Å². The Hall–Kier alpha value is -4.33. The van der Waals surface area contributed by atoms with Gasteiger partial charge in [-0.05, 0) is 44.5 Å². The maximum Gasteiger partial charge on any atom is 0.344 e. The van der Waals surface area contributed by atoms with Gasteiger partial charge < -0.3 is 23.3 Å². The zero-order valence-corrected chi connectivity index (χ0v) is 19.7. The number of benzene rings is 2. The molecular formula is C27H24N2O6. The van der Waals surface area contributed by atoms with Gasteiger partial charge in [-0.25, -0.2) is 4.79 Å². The molecule has 2 aromatic carbocycles. The number of fused-ring (bicyclic) bond motifs is 1. The molecule has 178 valence electrons. The van der Waals surface area contributed by atoms with Crippen LogP contribution in [0.5, 0.6) is 11.5 Å². The summed E-state index contributed by atoms with van der Waals surface area (Å²) in [5, 5.41) is 4.00. The smallest absolute Gasteiger partial charge is 0.344 e. The Morgan fingerprint density at radius 1 is 1.00 bits per heavy atom. The lowest BCUT2D eigenvalue weighted by Gasteiger charge is -2.11. The molecule has 8 heteroatoms. The zero-order valence-electron chi connectivity index (χ0n) is 19.7. The van der Waals surface area contributed by atoms with Crippen LogP contribution in [0.2, 0.25) is 0 Å². The highest BCUT2D eigenvalue weighted by Gasteiger charge is 2.25. The van der Waals surface area contributed by atoms with Gasteiger partial charge in [-0.2, -0.15) is 0 Å². The standard InChI is InChI=1S/C27H24N2O6/c1-16-11-21(17(2)29(16)13-19-9-10-23-24(12-19)34-15-33-23)22(30)14-32-27(31)25-18(3)35-28-26(25)20-7-5-4-6-8-20/h4-12H,13-15H2,1-3H3. The van der Waals surface area contributed by atoms with Crippen molar-refractivity contribution in [2.45, 2.75) is 27.3 Å². The van der Waals surface area contributed by atoms with E-state index in [1.807, 2.05) is 73.0 Å². The van der Waals surface area contributed by atoms with Gasteiger partial charge in [-0.15, -0.1) is 0 Å². The number of Topliss-reactive ketones (excluding diaryl/α,β-unsaturated/α-hetero) is 1. The molecule has 0 saturated carbocycles. The third-order valence-corrected chi connectivity index (χ3v) is 6.10. The fraction of sp³-hybridized carbons (Fsp3) is 0.222. The van der Waals surface area contributed by atoms with Crippen LogP contribution in [0.1, 0.15) is 43.4 Å². The number of aryl methyl sites for hydroxylation is 2. The van der Waals surface area contributed by atoms with Crippen LogP contribution >= 0.6 is 0 Å². The lowest BCUT2D eigenvalue weighted by atomic mass is 10.1. The van der Waals surface area contributed by atoms with E-state index in [4.69, 9.17) is 18.7 Å². The highest BCUT2D eigenvalue weighted by atomic mass is 16.7. The summed E-state index contributed by atoms with van der Waals surface area (Å²) in [6.45, 7) is 5.87. The molecule has 0 spiro atoms. The van der Waals surface area contributed by atoms with Crippen LogP contribution in [0, 0.1) is 20.8 Å². The first kappa shape index (κ1) is 22.5. The number of hydrogen-bond donors (Lipinski definition) is 0. The molecule has 5 rings (SSSR count). The van der Waals surface area contributed by atoms with Crippen molar-refractivity contribution < 1.29 is 28.3 Å². The monoisotopic (exact) mass is 472 g/mol. The van der Waals surface area contributed by atoms with Gasteiger partial charge in [0.1, 0.15) is 17.0 Å². The molecule has 0 atom stereocenters. The van der Waals surface area contributed by atoms with Crippen molar-refractivity contribution in [3.63, 3.8) is 0 Å². The normalized spacial score (nSPS) is 12.1. The van der Waals surface area contributed by atoms with Crippen LogP contribution < -0.4 is 9.47 Å². The van der Waals surface area contributed by atoms with E-state index in [9.17, 15) is 9.59 Å². The van der Waals surface area contributed by atoms with Gasteiger partial charge >= 0.3 is 5.97 Å². The van der Waals surface area contributed by atoms with Gasteiger partial charge in [-0.1, -0.05) is 41.6 Å². The van der Waals surface area contributed by atoms with Gasteiger partial charge in [0, 0.05) is 29.1 Å². The molecule has 2 aromatic heterocycles. The summed E-state index contributed by atoms with van der Waals surface area (Å²) in [5.74, 6) is 0.852. The number of aromatic nitrogens is 2. The molecule has 4 aromatic rings. The van der Waals surface area contributed by atoms with Gasteiger partial charge in [0.05, 0.1) is 0 Å². The van der Waals surface area contributed by atoms with Crippen molar-refractivity contribution >= 4 is 11.8 Å². The summed E-state index contributed by atoms with van der Waals surface area (Å²) < 4.78 is 23.5. The molecular weight excluding hydrogens is 448 g/mol. The second-order valence-corrected chi connectivity index (χ2v) is 8.39. The minimum atomic E-state index is -0.648. The SMILES string of the molecule is Cc1onc(-c2ccccc2)c1C(=O)OCC(=O)c1cc(C)n(Cc2ccc3c(c2)OCO3)c1C. The third kappa shape index (κ3) is 4.30. The average Bonchev–Trinajstić information content (AvgIpc) is 3.56. The second kappa shape index (κ2) is 9.13. The Morgan fingerprint density at radius 2 is 1.77 bits per heavy atom. The van der Waals surface area contributed by atoms with E-state index in [1.165, 1.54) is 0 Å². The molecule has 0 saturated heterocycles. The second-order valence-electron chi connectivity index (χ2n) is 8.39. The Kier molecular flexibility index (Phi) is 5.86. The summed E-state index contributed by atoms with van der Waals surface area (Å²) >= 11 is 0. The third-order valence-electron chi connectivity index (χ3n) is 6.10. The molecule has 1 aliphatic heterocycles. The van der Waals surface area contributed by atoms with Crippen LogP contribution in [-0.2, 0) is 11.3 Å². The van der Waals surface area contributed by atoms with Gasteiger partial charge in [0.25, 0.3) is 0 Å². The summed E-state index contributed by atoms with van der Waals surface area (Å²) in [7, 11) is 0. The first-order chi connectivity index (χ1) is 16.9. The largest absolute Gasteiger partial charge is 0.454 e. The average molecular weight is 472 g/mol. The van der Waals surface area contributed by atoms with E-state index in [0.29, 0.717) is 29.3 Å². The number of ketones is 1. The fourth-order valence-corrected chi connectivity index (χ4v) is 4.24. The molecule has 3 heterocycles. The Balaban J connectivity index is 1.30. The molecule has 0 radical (unpaired) electrons. The summed E-state index contributed by atoms with van der Waals surface area (Å²) in [6.07, 6.45) is 0. The Bertz CT molecular complexity index is 1420. The number of carbonyl (C=O) groups is 2. The van der Waals surface area contributed by atoms with Gasteiger partial charge in [0.2, 0.25) is 12.6 Å². The lowest BCUT2D eigenvalue weighted by Crippen LogP contribution is -2.16. The number of hydrogen-bond acceptors (Lipinski definition) is 7. The van der Waals surface area contributed by atoms with E-state index in [2.05, 4.69) is 5.16 Å². The Morgan fingerprint density at radius 3 is 2.57 bits per heavy atom. The highest BCUT2D eigenvalue weighted by Crippen LogP contribution is 2.33. The van der Waals surface area contributed by atoms with Crippen LogP contribution in [0.4, 0.5) is 0 Å². The van der Waals surface area contributed by atoms with Crippen LogP contribution in [0.25, 0.3) is 11.3 Å². The molecule has 8 nitrogen and oxygen atoms in total. The maximum absolute atomic E-state index is 13.0. The first-order valence-electron chi connectivity index (χ1n) is 11.2. The molecule has 1 aliphatic rings. The number of esters is 1. The number of ether oxygens (including phenoxy) is 3. The quantitative estimate of drug-likeness (QED) is 0.279. The first-order valence-corrected chi connectivity index (χ1v) is 11.2. The predicted octanol–water partition coefficient (Wildman–Crippen LogP) is 4.89. The molecule has 0 bridgehead atoms. The van der Waals surface area contributed by atoms with Crippen LogP contribution in [0.15, 0.2) is 59.1 Å². The molecule has 0 fully saturated rings. The van der Waals surface area contributed by atoms with Crippen molar-refractivity contribution in [3.05, 3.63) is 88.4 Å². The minimum absolute atomic E-state index is 0.220. The van der Waals surface area contributed by atoms with E-state index in [-0.39, 0.29) is 24.7 Å². The van der Waals surface area contributed by atoms with Crippen LogP contribution in [0.3, 0.4) is 0 Å². The fourth-order valence-electron chi connectivity index (χ4n) is 4.24. The molecule has 0 aliphatic carbocycles.